The molecule has 3 aromatic carbocycles. The average molecular weight is 432 g/mol. The van der Waals surface area contributed by atoms with Gasteiger partial charge in [0.15, 0.2) is 0 Å². The minimum atomic E-state index is -0.181. The van der Waals surface area contributed by atoms with Crippen molar-refractivity contribution in [3.05, 3.63) is 90.0 Å². The number of carbonyl (C=O) groups excluding carboxylic acids is 2. The molecular weight excluding hydrogens is 402 g/mol. The van der Waals surface area contributed by atoms with Gasteiger partial charge in [0.05, 0.1) is 12.6 Å². The lowest BCUT2D eigenvalue weighted by Crippen LogP contribution is -2.23. The zero-order chi connectivity index (χ0) is 22.8. The van der Waals surface area contributed by atoms with Gasteiger partial charge in [0.25, 0.3) is 5.91 Å². The molecule has 0 radical (unpaired) electrons. The van der Waals surface area contributed by atoms with Crippen molar-refractivity contribution in [1.82, 2.24) is 5.32 Å². The van der Waals surface area contributed by atoms with Crippen molar-refractivity contribution < 1.29 is 14.3 Å². The molecule has 0 aromatic heterocycles. The molecule has 3 N–H and O–H groups in total. The molecule has 0 bridgehead atoms. The Morgan fingerprint density at radius 2 is 1.66 bits per heavy atom. The number of benzene rings is 3. The Kier molecular flexibility index (Phi) is 8.26. The molecule has 0 aliphatic heterocycles. The van der Waals surface area contributed by atoms with Crippen LogP contribution in [0.3, 0.4) is 0 Å². The van der Waals surface area contributed by atoms with Crippen LogP contribution in [0.25, 0.3) is 0 Å². The van der Waals surface area contributed by atoms with Gasteiger partial charge in [0, 0.05) is 23.5 Å². The highest BCUT2D eigenvalue weighted by molar-refractivity contribution is 5.96. The fourth-order valence-electron chi connectivity index (χ4n) is 2.97. The first-order chi connectivity index (χ1) is 15.5. The molecule has 2 amide bonds. The van der Waals surface area contributed by atoms with Crippen molar-refractivity contribution >= 4 is 23.2 Å². The van der Waals surface area contributed by atoms with Crippen molar-refractivity contribution in [2.24, 2.45) is 0 Å². The van der Waals surface area contributed by atoms with Gasteiger partial charge in [-0.05, 0) is 61.4 Å². The van der Waals surface area contributed by atoms with Gasteiger partial charge in [-0.25, -0.2) is 0 Å². The molecule has 32 heavy (non-hydrogen) atoms. The molecule has 3 rings (SSSR count). The van der Waals surface area contributed by atoms with E-state index in [-0.39, 0.29) is 24.5 Å². The number of ether oxygens (including phenoxy) is 1. The third-order valence-corrected chi connectivity index (χ3v) is 4.92. The summed E-state index contributed by atoms with van der Waals surface area (Å²) in [4.78, 5) is 24.7. The Morgan fingerprint density at radius 3 is 2.38 bits per heavy atom. The molecule has 0 aliphatic rings. The minimum Gasteiger partial charge on any atom is -0.491 e. The van der Waals surface area contributed by atoms with E-state index in [4.69, 9.17) is 4.74 Å². The molecule has 0 spiro atoms. The molecule has 6 nitrogen and oxygen atoms in total. The summed E-state index contributed by atoms with van der Waals surface area (Å²) in [6.45, 7) is 4.63. The zero-order valence-corrected chi connectivity index (χ0v) is 18.4. The first-order valence-corrected chi connectivity index (χ1v) is 10.8. The summed E-state index contributed by atoms with van der Waals surface area (Å²) in [6.07, 6.45) is 1.08. The lowest BCUT2D eigenvalue weighted by molar-refractivity contribution is -0.114. The van der Waals surface area contributed by atoms with Crippen molar-refractivity contribution in [3.8, 4) is 5.75 Å². The van der Waals surface area contributed by atoms with E-state index in [2.05, 4.69) is 22.9 Å². The third-order valence-electron chi connectivity index (χ3n) is 4.92. The molecule has 166 valence electrons. The van der Waals surface area contributed by atoms with Gasteiger partial charge < -0.3 is 20.7 Å². The lowest BCUT2D eigenvalue weighted by atomic mass is 10.1. The summed E-state index contributed by atoms with van der Waals surface area (Å²) in [5.41, 5.74) is 2.96. The standard InChI is InChI=1S/C26H29N3O3/c1-3-19(2)32-24-14-12-22(13-15-24)29-25(30)18-27-23-11-7-10-21(16-23)26(31)28-17-20-8-5-4-6-9-20/h4-16,19,27H,3,17-18H2,1-2H3,(H,28,31)(H,29,30). The Labute approximate surface area is 189 Å². The van der Waals surface area contributed by atoms with Gasteiger partial charge in [-0.15, -0.1) is 0 Å². The largest absolute Gasteiger partial charge is 0.491 e. The molecule has 6 heteroatoms. The Morgan fingerprint density at radius 1 is 0.906 bits per heavy atom. The topological polar surface area (TPSA) is 79.5 Å². The number of hydrogen-bond donors (Lipinski definition) is 3. The van der Waals surface area contributed by atoms with Crippen LogP contribution in [0.1, 0.15) is 36.2 Å². The zero-order valence-electron chi connectivity index (χ0n) is 18.4. The summed E-state index contributed by atoms with van der Waals surface area (Å²) in [5.74, 6) is 0.430. The Bertz CT molecular complexity index is 1020. The SMILES string of the molecule is CCC(C)Oc1ccc(NC(=O)CNc2cccc(C(=O)NCc3ccccc3)c2)cc1. The maximum absolute atomic E-state index is 12.4. The van der Waals surface area contributed by atoms with E-state index in [0.29, 0.717) is 23.5 Å². The van der Waals surface area contributed by atoms with Crippen molar-refractivity contribution in [2.75, 3.05) is 17.2 Å². The first kappa shape index (κ1) is 22.9. The van der Waals surface area contributed by atoms with Gasteiger partial charge in [0.1, 0.15) is 5.75 Å². The molecule has 3 aromatic rings. The van der Waals surface area contributed by atoms with Crippen molar-refractivity contribution in [3.63, 3.8) is 0 Å². The maximum atomic E-state index is 12.4. The molecular formula is C26H29N3O3. The van der Waals surface area contributed by atoms with Crippen LogP contribution in [0, 0.1) is 0 Å². The van der Waals surface area contributed by atoms with E-state index in [0.717, 1.165) is 17.7 Å². The molecule has 0 fully saturated rings. The van der Waals surface area contributed by atoms with E-state index in [1.54, 1.807) is 18.2 Å². The Balaban J connectivity index is 1.48. The monoisotopic (exact) mass is 431 g/mol. The molecule has 0 aliphatic carbocycles. The van der Waals surface area contributed by atoms with Crippen LogP contribution in [-0.2, 0) is 11.3 Å². The van der Waals surface area contributed by atoms with E-state index in [9.17, 15) is 9.59 Å². The molecule has 0 heterocycles. The van der Waals surface area contributed by atoms with Crippen molar-refractivity contribution in [1.29, 1.82) is 0 Å². The number of rotatable bonds is 10. The molecule has 1 unspecified atom stereocenters. The van der Waals surface area contributed by atoms with Crippen LogP contribution >= 0.6 is 0 Å². The third kappa shape index (κ3) is 7.16. The predicted octanol–water partition coefficient (Wildman–Crippen LogP) is 4.84. The number of carbonyl (C=O) groups is 2. The van der Waals surface area contributed by atoms with Gasteiger partial charge in [-0.3, -0.25) is 9.59 Å². The highest BCUT2D eigenvalue weighted by Crippen LogP contribution is 2.18. The second-order valence-corrected chi connectivity index (χ2v) is 7.51. The number of nitrogens with one attached hydrogen (secondary N) is 3. The summed E-state index contributed by atoms with van der Waals surface area (Å²) in [6, 6.07) is 24.1. The second kappa shape index (κ2) is 11.6. The maximum Gasteiger partial charge on any atom is 0.251 e. The molecule has 0 saturated carbocycles. The van der Waals surface area contributed by atoms with Crippen LogP contribution in [-0.4, -0.2) is 24.5 Å². The van der Waals surface area contributed by atoms with Crippen LogP contribution in [0.5, 0.6) is 5.75 Å². The predicted molar refractivity (Wildman–Crippen MR) is 128 cm³/mol. The van der Waals surface area contributed by atoms with E-state index >= 15 is 0 Å². The van der Waals surface area contributed by atoms with Gasteiger partial charge in [0.2, 0.25) is 5.91 Å². The quantitative estimate of drug-likeness (QED) is 0.429. The smallest absolute Gasteiger partial charge is 0.251 e. The minimum absolute atomic E-state index is 0.0835. The Hall–Kier alpha value is -3.80. The molecule has 1 atom stereocenters. The highest BCUT2D eigenvalue weighted by Gasteiger charge is 2.08. The summed E-state index contributed by atoms with van der Waals surface area (Å²) >= 11 is 0. The van der Waals surface area contributed by atoms with Gasteiger partial charge in [-0.2, -0.15) is 0 Å². The second-order valence-electron chi connectivity index (χ2n) is 7.51. The van der Waals surface area contributed by atoms with Crippen LogP contribution in [0.2, 0.25) is 0 Å². The average Bonchev–Trinajstić information content (AvgIpc) is 2.83. The molecule has 0 saturated heterocycles. The lowest BCUT2D eigenvalue weighted by Gasteiger charge is -2.13. The number of amides is 2. The number of anilines is 2. The van der Waals surface area contributed by atoms with Gasteiger partial charge >= 0.3 is 0 Å². The highest BCUT2D eigenvalue weighted by atomic mass is 16.5. The first-order valence-electron chi connectivity index (χ1n) is 10.8. The van der Waals surface area contributed by atoms with Gasteiger partial charge in [-0.1, -0.05) is 43.3 Å². The summed E-state index contributed by atoms with van der Waals surface area (Å²) < 4.78 is 5.74. The van der Waals surface area contributed by atoms with Crippen molar-refractivity contribution in [2.45, 2.75) is 32.9 Å². The summed E-state index contributed by atoms with van der Waals surface area (Å²) in [7, 11) is 0. The van der Waals surface area contributed by atoms with E-state index < -0.39 is 0 Å². The normalized spacial score (nSPS) is 11.3. The van der Waals surface area contributed by atoms with E-state index in [1.165, 1.54) is 0 Å². The number of hydrogen-bond acceptors (Lipinski definition) is 4. The summed E-state index contributed by atoms with van der Waals surface area (Å²) in [5, 5.41) is 8.81. The van der Waals surface area contributed by atoms with E-state index in [1.807, 2.05) is 67.6 Å². The van der Waals surface area contributed by atoms with Crippen LogP contribution in [0.15, 0.2) is 78.9 Å². The fraction of sp³-hybridized carbons (Fsp3) is 0.231. The van der Waals surface area contributed by atoms with Crippen LogP contribution < -0.4 is 20.7 Å². The van der Waals surface area contributed by atoms with Crippen LogP contribution in [0.4, 0.5) is 11.4 Å². The fourth-order valence-corrected chi connectivity index (χ4v) is 2.97.